The number of nitrogens with zero attached hydrogens (tertiary/aromatic N) is 2. The summed E-state index contributed by atoms with van der Waals surface area (Å²) in [6.07, 6.45) is 1.36. The summed E-state index contributed by atoms with van der Waals surface area (Å²) in [5.74, 6) is 2.17. The molecule has 1 aromatic carbocycles. The van der Waals surface area contributed by atoms with Crippen molar-refractivity contribution in [2.75, 3.05) is 13.2 Å². The molecule has 1 aliphatic heterocycles. The lowest BCUT2D eigenvalue weighted by Gasteiger charge is -2.28. The van der Waals surface area contributed by atoms with Crippen molar-refractivity contribution in [1.29, 1.82) is 0 Å². The summed E-state index contributed by atoms with van der Waals surface area (Å²) in [4.78, 5) is 22.0. The number of rotatable bonds is 9. The van der Waals surface area contributed by atoms with Crippen molar-refractivity contribution in [2.24, 2.45) is 15.9 Å². The predicted molar refractivity (Wildman–Crippen MR) is 115 cm³/mol. The zero-order chi connectivity index (χ0) is 20.5. The summed E-state index contributed by atoms with van der Waals surface area (Å²) >= 11 is 3.77. The molecule has 6 nitrogen and oxygen atoms in total. The highest BCUT2D eigenvalue weighted by Crippen LogP contribution is 2.21. The van der Waals surface area contributed by atoms with Gasteiger partial charge in [0.15, 0.2) is 0 Å². The number of ketones is 1. The van der Waals surface area contributed by atoms with Crippen LogP contribution in [-0.2, 0) is 20.7 Å². The minimum absolute atomic E-state index is 0.120. The van der Waals surface area contributed by atoms with Crippen molar-refractivity contribution >= 4 is 30.5 Å². The SMILES string of the molecule is CCOC1=NC(C(C)C)C(OCC)=NC1CC(=O)CCc1ccc(OS)cc1. The number of hydrogen-bond donors (Lipinski definition) is 1. The molecule has 0 amide bonds. The molecule has 0 saturated heterocycles. The largest absolute Gasteiger partial charge is 0.480 e. The van der Waals surface area contributed by atoms with Gasteiger partial charge in [0, 0.05) is 25.8 Å². The van der Waals surface area contributed by atoms with Crippen molar-refractivity contribution in [1.82, 2.24) is 0 Å². The maximum absolute atomic E-state index is 12.6. The summed E-state index contributed by atoms with van der Waals surface area (Å²) in [5, 5.41) is 0. The van der Waals surface area contributed by atoms with Crippen LogP contribution in [0.1, 0.15) is 46.1 Å². The summed E-state index contributed by atoms with van der Waals surface area (Å²) in [6.45, 7) is 8.99. The Bertz CT molecular complexity index is 701. The van der Waals surface area contributed by atoms with Gasteiger partial charge < -0.3 is 13.7 Å². The number of aryl methyl sites for hydroxylation is 1. The number of carbonyl (C=O) groups is 1. The van der Waals surface area contributed by atoms with Crippen LogP contribution < -0.4 is 4.18 Å². The van der Waals surface area contributed by atoms with Gasteiger partial charge in [0.1, 0.15) is 23.6 Å². The maximum Gasteiger partial charge on any atom is 0.210 e. The van der Waals surface area contributed by atoms with Crippen molar-refractivity contribution in [3.63, 3.8) is 0 Å². The van der Waals surface area contributed by atoms with Crippen LogP contribution in [0.15, 0.2) is 34.3 Å². The molecule has 0 saturated carbocycles. The van der Waals surface area contributed by atoms with E-state index in [-0.39, 0.29) is 24.2 Å². The van der Waals surface area contributed by atoms with E-state index in [1.165, 1.54) is 0 Å². The first kappa shape index (κ1) is 22.3. The molecule has 28 heavy (non-hydrogen) atoms. The maximum atomic E-state index is 12.6. The third-order valence-electron chi connectivity index (χ3n) is 4.45. The van der Waals surface area contributed by atoms with Gasteiger partial charge in [-0.25, -0.2) is 9.98 Å². The van der Waals surface area contributed by atoms with Crippen LogP contribution in [-0.4, -0.2) is 42.9 Å². The number of carbonyl (C=O) groups excluding carboxylic acids is 1. The lowest BCUT2D eigenvalue weighted by atomic mass is 9.99. The summed E-state index contributed by atoms with van der Waals surface area (Å²) in [7, 11) is 0. The second-order valence-electron chi connectivity index (χ2n) is 6.98. The van der Waals surface area contributed by atoms with Gasteiger partial charge in [0.2, 0.25) is 11.8 Å². The second-order valence-corrected chi connectivity index (χ2v) is 7.17. The Balaban J connectivity index is 2.03. The zero-order valence-corrected chi connectivity index (χ0v) is 17.9. The van der Waals surface area contributed by atoms with E-state index in [9.17, 15) is 4.79 Å². The normalized spacial score (nSPS) is 19.1. The van der Waals surface area contributed by atoms with E-state index in [4.69, 9.17) is 18.6 Å². The van der Waals surface area contributed by atoms with E-state index in [2.05, 4.69) is 31.7 Å². The molecule has 154 valence electrons. The molecule has 0 aliphatic carbocycles. The van der Waals surface area contributed by atoms with Gasteiger partial charge in [-0.3, -0.25) is 4.79 Å². The fourth-order valence-corrected chi connectivity index (χ4v) is 3.12. The van der Waals surface area contributed by atoms with Gasteiger partial charge in [-0.15, -0.1) is 0 Å². The summed E-state index contributed by atoms with van der Waals surface area (Å²) in [6, 6.07) is 6.96. The molecule has 7 heteroatoms. The Morgan fingerprint density at radius 2 is 1.71 bits per heavy atom. The van der Waals surface area contributed by atoms with Gasteiger partial charge in [-0.05, 0) is 43.9 Å². The van der Waals surface area contributed by atoms with Gasteiger partial charge in [-0.1, -0.05) is 26.0 Å². The number of thiol groups is 1. The molecule has 2 unspecified atom stereocenters. The van der Waals surface area contributed by atoms with Crippen LogP contribution in [0.4, 0.5) is 0 Å². The lowest BCUT2D eigenvalue weighted by molar-refractivity contribution is -0.119. The lowest BCUT2D eigenvalue weighted by Crippen LogP contribution is -2.39. The molecule has 1 heterocycles. The predicted octanol–water partition coefficient (Wildman–Crippen LogP) is 4.08. The first-order valence-electron chi connectivity index (χ1n) is 9.81. The number of hydrogen-bond acceptors (Lipinski definition) is 7. The topological polar surface area (TPSA) is 69.5 Å². The van der Waals surface area contributed by atoms with Gasteiger partial charge in [-0.2, -0.15) is 0 Å². The van der Waals surface area contributed by atoms with Gasteiger partial charge in [0.25, 0.3) is 0 Å². The summed E-state index contributed by atoms with van der Waals surface area (Å²) in [5.41, 5.74) is 1.07. The molecule has 1 aliphatic rings. The Kier molecular flexibility index (Phi) is 8.83. The molecule has 0 aromatic heterocycles. The van der Waals surface area contributed by atoms with E-state index >= 15 is 0 Å². The third-order valence-corrected chi connectivity index (χ3v) is 4.66. The molecule has 0 radical (unpaired) electrons. The van der Waals surface area contributed by atoms with Gasteiger partial charge >= 0.3 is 0 Å². The quantitative estimate of drug-likeness (QED) is 0.496. The molecule has 0 N–H and O–H groups in total. The van der Waals surface area contributed by atoms with E-state index in [1.54, 1.807) is 0 Å². The highest BCUT2D eigenvalue weighted by molar-refractivity contribution is 7.75. The number of ether oxygens (including phenoxy) is 2. The Morgan fingerprint density at radius 3 is 2.29 bits per heavy atom. The van der Waals surface area contributed by atoms with Crippen LogP contribution in [0.25, 0.3) is 0 Å². The van der Waals surface area contributed by atoms with Crippen molar-refractivity contribution in [2.45, 2.75) is 59.0 Å². The Labute approximate surface area is 173 Å². The fraction of sp³-hybridized carbons (Fsp3) is 0.571. The average molecular weight is 407 g/mol. The molecule has 1 aromatic rings. The summed E-state index contributed by atoms with van der Waals surface area (Å²) < 4.78 is 16.3. The van der Waals surface area contributed by atoms with E-state index in [0.29, 0.717) is 43.6 Å². The second kappa shape index (κ2) is 11.1. The zero-order valence-electron chi connectivity index (χ0n) is 17.1. The van der Waals surface area contributed by atoms with Crippen LogP contribution in [0.2, 0.25) is 0 Å². The van der Waals surface area contributed by atoms with Crippen molar-refractivity contribution in [3.05, 3.63) is 29.8 Å². The number of aliphatic imine (C=N–C) groups is 2. The van der Waals surface area contributed by atoms with Crippen LogP contribution in [0.5, 0.6) is 5.75 Å². The van der Waals surface area contributed by atoms with Gasteiger partial charge in [0.05, 0.1) is 13.2 Å². The van der Waals surface area contributed by atoms with E-state index < -0.39 is 6.04 Å². The number of Topliss-reactive ketones (excluding diaryl/α,β-unsaturated/α-hetero) is 1. The van der Waals surface area contributed by atoms with Crippen molar-refractivity contribution < 1.29 is 18.5 Å². The highest BCUT2D eigenvalue weighted by atomic mass is 32.1. The molecule has 2 atom stereocenters. The fourth-order valence-electron chi connectivity index (χ4n) is 3.00. The molecule has 0 bridgehead atoms. The first-order chi connectivity index (χ1) is 13.5. The molecule has 2 rings (SSSR count). The third kappa shape index (κ3) is 6.26. The molecular weight excluding hydrogens is 376 g/mol. The molecule has 0 fully saturated rings. The van der Waals surface area contributed by atoms with Crippen molar-refractivity contribution in [3.8, 4) is 5.75 Å². The van der Waals surface area contributed by atoms with Crippen LogP contribution >= 0.6 is 12.9 Å². The van der Waals surface area contributed by atoms with E-state index in [0.717, 1.165) is 5.56 Å². The smallest absolute Gasteiger partial charge is 0.210 e. The van der Waals surface area contributed by atoms with Crippen LogP contribution in [0.3, 0.4) is 0 Å². The first-order valence-corrected chi connectivity index (χ1v) is 10.2. The van der Waals surface area contributed by atoms with Crippen LogP contribution in [0, 0.1) is 5.92 Å². The standard InChI is InChI=1S/C21H30N2O4S/c1-5-25-20-18(22-21(26-6-2)19(23-20)14(3)4)13-16(24)10-7-15-8-11-17(27-28)12-9-15/h8-9,11-12,14,18-19,28H,5-7,10,13H2,1-4H3. The Morgan fingerprint density at radius 1 is 1.07 bits per heavy atom. The minimum atomic E-state index is -0.413. The minimum Gasteiger partial charge on any atom is -0.480 e. The number of benzene rings is 1. The highest BCUT2D eigenvalue weighted by Gasteiger charge is 2.32. The van der Waals surface area contributed by atoms with E-state index in [1.807, 2.05) is 38.1 Å². The average Bonchev–Trinajstić information content (AvgIpc) is 2.68. The Hall–Kier alpha value is -2.02. The molecule has 0 spiro atoms. The monoisotopic (exact) mass is 406 g/mol. The molecular formula is C21H30N2O4S.